The predicted octanol–water partition coefficient (Wildman–Crippen LogP) is 3.20. The maximum Gasteiger partial charge on any atom is 0.113 e. The Morgan fingerprint density at radius 1 is 0.839 bits per heavy atom. The van der Waals surface area contributed by atoms with Crippen LogP contribution in [-0.2, 0) is 11.2 Å². The molecule has 0 aromatic heterocycles. The molecule has 5 rings (SSSR count). The number of benzene rings is 2. The first-order valence-corrected chi connectivity index (χ1v) is 11.6. The molecule has 2 saturated carbocycles. The lowest BCUT2D eigenvalue weighted by molar-refractivity contribution is -0.231. The third-order valence-electron chi connectivity index (χ3n) is 6.89. The molecule has 5 atom stereocenters. The molecule has 0 unspecified atom stereocenters. The van der Waals surface area contributed by atoms with Crippen molar-refractivity contribution in [3.05, 3.63) is 69.2 Å². The van der Waals surface area contributed by atoms with Crippen molar-refractivity contribution in [2.75, 3.05) is 6.61 Å². The van der Waals surface area contributed by atoms with Crippen molar-refractivity contribution in [2.24, 2.45) is 0 Å². The van der Waals surface area contributed by atoms with Crippen LogP contribution in [0.5, 0.6) is 0 Å². The molecule has 6 heteroatoms. The van der Waals surface area contributed by atoms with Gasteiger partial charge in [0.25, 0.3) is 0 Å². The number of ether oxygens (including phenoxy) is 1. The van der Waals surface area contributed by atoms with Gasteiger partial charge in [0.05, 0.1) is 6.61 Å². The summed E-state index contributed by atoms with van der Waals surface area (Å²) in [6.45, 7) is -0.437. The first-order chi connectivity index (χ1) is 15.0. The fourth-order valence-corrected chi connectivity index (χ4v) is 4.92. The van der Waals surface area contributed by atoms with Crippen molar-refractivity contribution in [1.82, 2.24) is 0 Å². The monoisotopic (exact) mass is 444 g/mol. The molecule has 0 bridgehead atoms. The molecule has 0 radical (unpaired) electrons. The number of aliphatic hydroxyl groups is 4. The third kappa shape index (κ3) is 4.28. The lowest BCUT2D eigenvalue weighted by Crippen LogP contribution is -2.55. The van der Waals surface area contributed by atoms with Gasteiger partial charge in [0.15, 0.2) is 0 Å². The van der Waals surface area contributed by atoms with E-state index in [1.165, 1.54) is 18.4 Å². The molecule has 3 fully saturated rings. The number of rotatable bonds is 6. The molecular formula is C25H29ClO5. The summed E-state index contributed by atoms with van der Waals surface area (Å²) < 4.78 is 5.88. The summed E-state index contributed by atoms with van der Waals surface area (Å²) in [5.41, 5.74) is 5.28. The lowest BCUT2D eigenvalue weighted by Gasteiger charge is -2.41. The van der Waals surface area contributed by atoms with E-state index in [2.05, 4.69) is 24.3 Å². The van der Waals surface area contributed by atoms with Gasteiger partial charge in [-0.15, -0.1) is 0 Å². The van der Waals surface area contributed by atoms with Crippen molar-refractivity contribution in [3.63, 3.8) is 0 Å². The first kappa shape index (κ1) is 21.4. The summed E-state index contributed by atoms with van der Waals surface area (Å²) in [6.07, 6.45) is -0.516. The van der Waals surface area contributed by atoms with Crippen LogP contribution in [0.15, 0.2) is 36.4 Å². The molecule has 2 aromatic rings. The van der Waals surface area contributed by atoms with Crippen molar-refractivity contribution < 1.29 is 25.2 Å². The van der Waals surface area contributed by atoms with Crippen LogP contribution in [0, 0.1) is 0 Å². The zero-order chi connectivity index (χ0) is 21.7. The van der Waals surface area contributed by atoms with Gasteiger partial charge in [-0.05, 0) is 77.8 Å². The van der Waals surface area contributed by atoms with E-state index < -0.39 is 37.1 Å². The van der Waals surface area contributed by atoms with Crippen LogP contribution < -0.4 is 0 Å². The lowest BCUT2D eigenvalue weighted by atomic mass is 9.86. The highest BCUT2D eigenvalue weighted by molar-refractivity contribution is 6.31. The molecule has 0 amide bonds. The van der Waals surface area contributed by atoms with Crippen LogP contribution in [-0.4, -0.2) is 51.4 Å². The highest BCUT2D eigenvalue weighted by atomic mass is 35.5. The molecule has 1 aliphatic heterocycles. The Balaban J connectivity index is 1.47. The molecule has 2 aromatic carbocycles. The van der Waals surface area contributed by atoms with E-state index in [1.54, 1.807) is 0 Å². The third-order valence-corrected chi connectivity index (χ3v) is 7.24. The van der Waals surface area contributed by atoms with Crippen LogP contribution in [0.1, 0.15) is 71.4 Å². The molecule has 4 N–H and O–H groups in total. The van der Waals surface area contributed by atoms with E-state index in [0.717, 1.165) is 35.1 Å². The molecule has 1 heterocycles. The van der Waals surface area contributed by atoms with Gasteiger partial charge in [0.2, 0.25) is 0 Å². The highest BCUT2D eigenvalue weighted by Crippen LogP contribution is 2.47. The maximum atomic E-state index is 10.7. The zero-order valence-electron chi connectivity index (χ0n) is 17.3. The van der Waals surface area contributed by atoms with Crippen molar-refractivity contribution in [2.45, 2.75) is 74.5 Å². The quantitative estimate of drug-likeness (QED) is 0.549. The average molecular weight is 445 g/mol. The van der Waals surface area contributed by atoms with E-state index in [-0.39, 0.29) is 0 Å². The van der Waals surface area contributed by atoms with E-state index >= 15 is 0 Å². The Bertz CT molecular complexity index is 936. The van der Waals surface area contributed by atoms with Crippen LogP contribution in [0.4, 0.5) is 0 Å². The fourth-order valence-electron chi connectivity index (χ4n) is 4.69. The SMILES string of the molecule is OC[C@H]1O[C@@H](c2cc(Cc3ccc(C4CC4)cc3)c(Cl)cc2C2CC2)[C@H](O)[C@@H](O)[C@@H]1O. The maximum absolute atomic E-state index is 10.7. The minimum atomic E-state index is -1.39. The Kier molecular flexibility index (Phi) is 5.84. The molecule has 3 aliphatic rings. The second-order valence-electron chi connectivity index (χ2n) is 9.29. The van der Waals surface area contributed by atoms with Crippen LogP contribution in [0.3, 0.4) is 0 Å². The Morgan fingerprint density at radius 3 is 2.13 bits per heavy atom. The smallest absolute Gasteiger partial charge is 0.113 e. The van der Waals surface area contributed by atoms with Crippen molar-refractivity contribution in [1.29, 1.82) is 0 Å². The largest absolute Gasteiger partial charge is 0.394 e. The van der Waals surface area contributed by atoms with Crippen molar-refractivity contribution >= 4 is 11.6 Å². The van der Waals surface area contributed by atoms with Gasteiger partial charge in [-0.25, -0.2) is 0 Å². The minimum absolute atomic E-state index is 0.353. The second kappa shape index (κ2) is 8.47. The van der Waals surface area contributed by atoms with Gasteiger partial charge in [-0.3, -0.25) is 0 Å². The van der Waals surface area contributed by atoms with Crippen molar-refractivity contribution in [3.8, 4) is 0 Å². The normalized spacial score (nSPS) is 31.1. The number of hydrogen-bond donors (Lipinski definition) is 4. The second-order valence-corrected chi connectivity index (χ2v) is 9.70. The summed E-state index contributed by atoms with van der Waals surface area (Å²) in [5.74, 6) is 1.07. The Hall–Kier alpha value is -1.47. The van der Waals surface area contributed by atoms with Crippen LogP contribution in [0.2, 0.25) is 5.02 Å². The number of halogens is 1. The first-order valence-electron chi connectivity index (χ1n) is 11.2. The van der Waals surface area contributed by atoms with E-state index in [9.17, 15) is 20.4 Å². The van der Waals surface area contributed by atoms with E-state index in [1.807, 2.05) is 12.1 Å². The summed E-state index contributed by atoms with van der Waals surface area (Å²) >= 11 is 6.67. The van der Waals surface area contributed by atoms with E-state index in [4.69, 9.17) is 16.3 Å². The van der Waals surface area contributed by atoms with Gasteiger partial charge in [0, 0.05) is 5.02 Å². The summed E-state index contributed by atoms with van der Waals surface area (Å²) in [7, 11) is 0. The topological polar surface area (TPSA) is 90.2 Å². The molecule has 166 valence electrons. The molecule has 2 aliphatic carbocycles. The highest BCUT2D eigenvalue weighted by Gasteiger charge is 2.45. The van der Waals surface area contributed by atoms with Gasteiger partial charge in [0.1, 0.15) is 30.5 Å². The zero-order valence-corrected chi connectivity index (χ0v) is 18.1. The Morgan fingerprint density at radius 2 is 1.52 bits per heavy atom. The molecule has 5 nitrogen and oxygen atoms in total. The average Bonchev–Trinajstić information content (AvgIpc) is 3.67. The van der Waals surface area contributed by atoms with Crippen LogP contribution in [0.25, 0.3) is 0 Å². The summed E-state index contributed by atoms with van der Waals surface area (Å²) in [6, 6.07) is 12.6. The number of hydrogen-bond acceptors (Lipinski definition) is 5. The van der Waals surface area contributed by atoms with Gasteiger partial charge in [-0.1, -0.05) is 41.9 Å². The van der Waals surface area contributed by atoms with Gasteiger partial charge < -0.3 is 25.2 Å². The number of aliphatic hydroxyl groups excluding tert-OH is 4. The standard InChI is InChI=1S/C25H29ClO5/c26-20-11-18(16-7-8-16)19(25-24(30)23(29)22(28)21(12-27)31-25)10-17(20)9-13-1-3-14(4-2-13)15-5-6-15/h1-4,10-11,15-16,21-25,27-30H,5-9,12H2/t21-,22-,23+,24-,25+/m1/s1. The van der Waals surface area contributed by atoms with E-state index in [0.29, 0.717) is 23.3 Å². The Labute approximate surface area is 187 Å². The summed E-state index contributed by atoms with van der Waals surface area (Å²) in [5, 5.41) is 41.4. The molecular weight excluding hydrogens is 416 g/mol. The van der Waals surface area contributed by atoms with Gasteiger partial charge in [-0.2, -0.15) is 0 Å². The summed E-state index contributed by atoms with van der Waals surface area (Å²) in [4.78, 5) is 0. The molecule has 0 spiro atoms. The molecule has 31 heavy (non-hydrogen) atoms. The van der Waals surface area contributed by atoms with Crippen LogP contribution >= 0.6 is 11.6 Å². The molecule has 1 saturated heterocycles. The fraction of sp³-hybridized carbons (Fsp3) is 0.520. The predicted molar refractivity (Wildman–Crippen MR) is 117 cm³/mol. The minimum Gasteiger partial charge on any atom is -0.394 e. The van der Waals surface area contributed by atoms with Gasteiger partial charge >= 0.3 is 0 Å².